The Bertz CT molecular complexity index is 407. The minimum Gasteiger partial charge on any atom is -0.375 e. The molecule has 0 aliphatic carbocycles. The third kappa shape index (κ3) is 5.10. The maximum atomic E-state index is 11.7. The van der Waals surface area contributed by atoms with E-state index in [-0.39, 0.29) is 5.91 Å². The lowest BCUT2D eigenvalue weighted by Crippen LogP contribution is -2.27. The number of nitrogens with one attached hydrogen (secondary N) is 1. The first kappa shape index (κ1) is 13.9. The highest BCUT2D eigenvalue weighted by molar-refractivity contribution is 9.10. The van der Waals surface area contributed by atoms with Crippen LogP contribution in [-0.2, 0) is 4.74 Å². The average molecular weight is 299 g/mol. The fourth-order valence-corrected chi connectivity index (χ4v) is 1.56. The van der Waals surface area contributed by atoms with E-state index in [1.807, 2.05) is 6.92 Å². The van der Waals surface area contributed by atoms with Crippen molar-refractivity contribution in [3.05, 3.63) is 40.6 Å². The molecule has 5 heteroatoms. The van der Waals surface area contributed by atoms with Gasteiger partial charge in [0, 0.05) is 12.7 Å². The summed E-state index contributed by atoms with van der Waals surface area (Å²) < 4.78 is 5.81. The summed E-state index contributed by atoms with van der Waals surface area (Å²) >= 11 is 3.22. The van der Waals surface area contributed by atoms with Gasteiger partial charge in [-0.3, -0.25) is 4.79 Å². The third-order valence-electron chi connectivity index (χ3n) is 1.88. The minimum absolute atomic E-state index is 0.163. The summed E-state index contributed by atoms with van der Waals surface area (Å²) in [7, 11) is 0. The summed E-state index contributed by atoms with van der Waals surface area (Å²) in [5.41, 5.74) is 1.48. The van der Waals surface area contributed by atoms with Gasteiger partial charge in [0.25, 0.3) is 5.91 Å². The van der Waals surface area contributed by atoms with E-state index in [9.17, 15) is 4.79 Å². The first-order valence-corrected chi connectivity index (χ1v) is 6.01. The van der Waals surface area contributed by atoms with Gasteiger partial charge in [0.1, 0.15) is 4.60 Å². The van der Waals surface area contributed by atoms with Gasteiger partial charge in [-0.1, -0.05) is 12.2 Å². The summed E-state index contributed by atoms with van der Waals surface area (Å²) in [5.74, 6) is -0.163. The molecule has 0 unspecified atom stereocenters. The van der Waals surface area contributed by atoms with Gasteiger partial charge in [-0.15, -0.1) is 0 Å². The number of ether oxygens (including phenoxy) is 1. The Kier molecular flexibility index (Phi) is 5.86. The topological polar surface area (TPSA) is 51.2 Å². The predicted octanol–water partition coefficient (Wildman–Crippen LogP) is 2.17. The zero-order valence-corrected chi connectivity index (χ0v) is 11.3. The lowest BCUT2D eigenvalue weighted by molar-refractivity contribution is 0.0925. The van der Waals surface area contributed by atoms with Crippen LogP contribution in [0.25, 0.3) is 0 Å². The lowest BCUT2D eigenvalue weighted by Gasteiger charge is -2.07. The van der Waals surface area contributed by atoms with Gasteiger partial charge in [0.15, 0.2) is 0 Å². The van der Waals surface area contributed by atoms with E-state index in [0.29, 0.717) is 29.9 Å². The minimum atomic E-state index is -0.163. The molecule has 0 aliphatic heterocycles. The molecule has 0 fully saturated rings. The Balaban J connectivity index is 2.31. The molecule has 1 aromatic heterocycles. The van der Waals surface area contributed by atoms with Gasteiger partial charge < -0.3 is 10.1 Å². The van der Waals surface area contributed by atoms with Crippen LogP contribution in [0.15, 0.2) is 35.1 Å². The first-order chi connectivity index (χ1) is 8.11. The van der Waals surface area contributed by atoms with Crippen LogP contribution in [0, 0.1) is 0 Å². The number of aromatic nitrogens is 1. The molecule has 0 aliphatic rings. The van der Waals surface area contributed by atoms with E-state index < -0.39 is 0 Å². The number of pyridine rings is 1. The Morgan fingerprint density at radius 1 is 1.65 bits per heavy atom. The summed E-state index contributed by atoms with van der Waals surface area (Å²) in [6.45, 7) is 7.07. The summed E-state index contributed by atoms with van der Waals surface area (Å²) in [6.07, 6.45) is 1.62. The largest absolute Gasteiger partial charge is 0.375 e. The monoisotopic (exact) mass is 298 g/mol. The molecule has 0 atom stereocenters. The van der Waals surface area contributed by atoms with Gasteiger partial charge in [-0.25, -0.2) is 4.98 Å². The molecule has 4 nitrogen and oxygen atoms in total. The maximum absolute atomic E-state index is 11.7. The van der Waals surface area contributed by atoms with Crippen LogP contribution in [0.4, 0.5) is 0 Å². The van der Waals surface area contributed by atoms with E-state index >= 15 is 0 Å². The smallest absolute Gasteiger partial charge is 0.254 e. The summed E-state index contributed by atoms with van der Waals surface area (Å²) in [6, 6.07) is 3.43. The second kappa shape index (κ2) is 7.19. The van der Waals surface area contributed by atoms with Crippen molar-refractivity contribution in [3.63, 3.8) is 0 Å². The molecule has 92 valence electrons. The second-order valence-corrected chi connectivity index (χ2v) is 4.36. The average Bonchev–Trinajstić information content (AvgIpc) is 2.28. The SMILES string of the molecule is C=C(C)COCCNC(=O)c1cccnc1Br. The standard InChI is InChI=1S/C12H15BrN2O2/c1-9(2)8-17-7-6-15-12(16)10-4-3-5-14-11(10)13/h3-5H,1,6-8H2,2H3,(H,15,16). The molecule has 1 rings (SSSR count). The van der Waals surface area contributed by atoms with Crippen molar-refractivity contribution >= 4 is 21.8 Å². The van der Waals surface area contributed by atoms with Crippen molar-refractivity contribution < 1.29 is 9.53 Å². The number of nitrogens with zero attached hydrogens (tertiary/aromatic N) is 1. The number of rotatable bonds is 6. The molecule has 1 N–H and O–H groups in total. The van der Waals surface area contributed by atoms with Crippen molar-refractivity contribution in [2.45, 2.75) is 6.92 Å². The van der Waals surface area contributed by atoms with Crippen LogP contribution in [0.2, 0.25) is 0 Å². The molecule has 1 amide bonds. The molecular weight excluding hydrogens is 284 g/mol. The highest BCUT2D eigenvalue weighted by atomic mass is 79.9. The van der Waals surface area contributed by atoms with Crippen molar-refractivity contribution in [1.82, 2.24) is 10.3 Å². The Hall–Kier alpha value is -1.20. The van der Waals surface area contributed by atoms with Crippen molar-refractivity contribution in [3.8, 4) is 0 Å². The number of amides is 1. The number of hydrogen-bond acceptors (Lipinski definition) is 3. The fraction of sp³-hybridized carbons (Fsp3) is 0.333. The predicted molar refractivity (Wildman–Crippen MR) is 69.9 cm³/mol. The molecule has 1 aromatic rings. The van der Waals surface area contributed by atoms with Gasteiger partial charge in [-0.05, 0) is 35.0 Å². The second-order valence-electron chi connectivity index (χ2n) is 3.61. The quantitative estimate of drug-likeness (QED) is 0.497. The summed E-state index contributed by atoms with van der Waals surface area (Å²) in [4.78, 5) is 15.7. The molecule has 0 bridgehead atoms. The van der Waals surface area contributed by atoms with Crippen LogP contribution >= 0.6 is 15.9 Å². The van der Waals surface area contributed by atoms with Crippen LogP contribution in [0.3, 0.4) is 0 Å². The molecule has 0 saturated heterocycles. The lowest BCUT2D eigenvalue weighted by atomic mass is 10.3. The Morgan fingerprint density at radius 2 is 2.41 bits per heavy atom. The van der Waals surface area contributed by atoms with E-state index in [4.69, 9.17) is 4.74 Å². The van der Waals surface area contributed by atoms with E-state index in [0.717, 1.165) is 5.57 Å². The van der Waals surface area contributed by atoms with Gasteiger partial charge >= 0.3 is 0 Å². The molecule has 17 heavy (non-hydrogen) atoms. The van der Waals surface area contributed by atoms with Crippen molar-refractivity contribution in [2.75, 3.05) is 19.8 Å². The zero-order valence-electron chi connectivity index (χ0n) is 9.70. The molecular formula is C12H15BrN2O2. The number of carbonyl (C=O) groups excluding carboxylic acids is 1. The normalized spacial score (nSPS) is 10.0. The first-order valence-electron chi connectivity index (χ1n) is 5.22. The van der Waals surface area contributed by atoms with E-state index in [2.05, 4.69) is 32.8 Å². The maximum Gasteiger partial charge on any atom is 0.254 e. The Morgan fingerprint density at radius 3 is 3.06 bits per heavy atom. The van der Waals surface area contributed by atoms with Gasteiger partial charge in [0.05, 0.1) is 18.8 Å². The zero-order chi connectivity index (χ0) is 12.7. The van der Waals surface area contributed by atoms with E-state index in [1.54, 1.807) is 18.3 Å². The fourth-order valence-electron chi connectivity index (χ4n) is 1.13. The van der Waals surface area contributed by atoms with Crippen LogP contribution in [-0.4, -0.2) is 30.6 Å². The number of hydrogen-bond donors (Lipinski definition) is 1. The summed E-state index contributed by atoms with van der Waals surface area (Å²) in [5, 5.41) is 2.75. The highest BCUT2D eigenvalue weighted by Gasteiger charge is 2.08. The number of halogens is 1. The third-order valence-corrected chi connectivity index (χ3v) is 2.52. The highest BCUT2D eigenvalue weighted by Crippen LogP contribution is 2.11. The molecule has 0 radical (unpaired) electrons. The van der Waals surface area contributed by atoms with Gasteiger partial charge in [0.2, 0.25) is 0 Å². The van der Waals surface area contributed by atoms with Crippen LogP contribution in [0.1, 0.15) is 17.3 Å². The van der Waals surface area contributed by atoms with Crippen LogP contribution < -0.4 is 5.32 Å². The number of carbonyl (C=O) groups is 1. The molecule has 0 spiro atoms. The van der Waals surface area contributed by atoms with Crippen LogP contribution in [0.5, 0.6) is 0 Å². The van der Waals surface area contributed by atoms with Crippen molar-refractivity contribution in [1.29, 1.82) is 0 Å². The molecule has 1 heterocycles. The van der Waals surface area contributed by atoms with E-state index in [1.165, 1.54) is 0 Å². The Labute approximate surface area is 109 Å². The molecule has 0 aromatic carbocycles. The van der Waals surface area contributed by atoms with Crippen molar-refractivity contribution in [2.24, 2.45) is 0 Å². The van der Waals surface area contributed by atoms with Gasteiger partial charge in [-0.2, -0.15) is 0 Å². The molecule has 0 saturated carbocycles.